The number of Topliss-reactive ketones (excluding diaryl/α,β-unsaturated/α-hetero) is 1. The molecule has 2 fully saturated rings. The first-order chi connectivity index (χ1) is 18.7. The van der Waals surface area contributed by atoms with E-state index in [2.05, 4.69) is 5.32 Å². The van der Waals surface area contributed by atoms with Crippen LogP contribution >= 0.6 is 11.3 Å². The average Bonchev–Trinajstić information content (AvgIpc) is 3.66. The first kappa shape index (κ1) is 26.6. The predicted molar refractivity (Wildman–Crippen MR) is 146 cm³/mol. The van der Waals surface area contributed by atoms with Gasteiger partial charge in [0.25, 0.3) is 11.6 Å². The van der Waals surface area contributed by atoms with E-state index >= 15 is 0 Å². The van der Waals surface area contributed by atoms with Crippen molar-refractivity contribution in [3.05, 3.63) is 82.6 Å². The van der Waals surface area contributed by atoms with Crippen LogP contribution in [0.2, 0.25) is 0 Å². The molecule has 39 heavy (non-hydrogen) atoms. The Bertz CT molecular complexity index is 1410. The van der Waals surface area contributed by atoms with Crippen molar-refractivity contribution < 1.29 is 23.9 Å². The summed E-state index contributed by atoms with van der Waals surface area (Å²) in [7, 11) is 0. The average molecular weight is 547 g/mol. The van der Waals surface area contributed by atoms with Crippen LogP contribution in [-0.2, 0) is 9.59 Å². The van der Waals surface area contributed by atoms with Gasteiger partial charge in [-0.2, -0.15) is 4.73 Å². The summed E-state index contributed by atoms with van der Waals surface area (Å²) in [6, 6.07) is 15.8. The van der Waals surface area contributed by atoms with Gasteiger partial charge in [-0.05, 0) is 42.5 Å². The number of hydrogen-bond donors (Lipinski definition) is 1. The largest absolute Gasteiger partial charge is 0.618 e. The fourth-order valence-electron chi connectivity index (χ4n) is 5.42. The molecule has 2 saturated heterocycles. The number of fused-ring (bicyclic) bond motifs is 1. The van der Waals surface area contributed by atoms with Crippen LogP contribution in [0.25, 0.3) is 10.4 Å². The number of benzene rings is 1. The van der Waals surface area contributed by atoms with Gasteiger partial charge in [-0.25, -0.2) is 0 Å². The number of aromatic nitrogens is 1. The molecule has 3 aromatic rings. The van der Waals surface area contributed by atoms with Crippen LogP contribution in [-0.4, -0.2) is 64.5 Å². The smallest absolute Gasteiger partial charge is 0.320 e. The minimum Gasteiger partial charge on any atom is -0.618 e. The second kappa shape index (κ2) is 11.0. The molecule has 3 unspecified atom stereocenters. The summed E-state index contributed by atoms with van der Waals surface area (Å²) in [5.41, 5.74) is 0.947. The summed E-state index contributed by atoms with van der Waals surface area (Å²) in [5.74, 6) is -1.32. The third kappa shape index (κ3) is 5.29. The van der Waals surface area contributed by atoms with Gasteiger partial charge in [-0.3, -0.25) is 19.2 Å². The van der Waals surface area contributed by atoms with Gasteiger partial charge in [0.1, 0.15) is 12.1 Å². The van der Waals surface area contributed by atoms with Crippen LogP contribution < -0.4 is 10.0 Å². The van der Waals surface area contributed by atoms with Crippen LogP contribution in [0.5, 0.6) is 0 Å². The van der Waals surface area contributed by atoms with Gasteiger partial charge in [0, 0.05) is 23.6 Å². The number of nitrogens with zero attached hydrogens (tertiary/aromatic N) is 3. The standard InChI is InChI=1S/C29H30N4O5S/c1-18(2)16-20(30-27(35)25-12-11-24(39-25)19-8-4-3-5-9-19)28(36)31-15-13-21-26(31)23(34)17-32(21)29(37)22-10-6-7-14-33(22)38/h3-12,14,18,20-21,26H,13,15-17H2,1-2H3,(H,30,35). The minimum absolute atomic E-state index is 0.0634. The Morgan fingerprint density at radius 3 is 2.51 bits per heavy atom. The van der Waals surface area contributed by atoms with Crippen molar-refractivity contribution in [2.24, 2.45) is 5.92 Å². The molecular formula is C29H30N4O5S. The van der Waals surface area contributed by atoms with Gasteiger partial charge in [-0.15, -0.1) is 11.3 Å². The van der Waals surface area contributed by atoms with Crippen molar-refractivity contribution in [3.63, 3.8) is 0 Å². The van der Waals surface area contributed by atoms with E-state index in [4.69, 9.17) is 0 Å². The molecule has 0 bridgehead atoms. The van der Waals surface area contributed by atoms with Gasteiger partial charge in [0.15, 0.2) is 12.0 Å². The first-order valence-corrected chi connectivity index (χ1v) is 13.8. The number of thiophene rings is 1. The monoisotopic (exact) mass is 546 g/mol. The molecule has 1 N–H and O–H groups in total. The van der Waals surface area contributed by atoms with E-state index in [0.29, 0.717) is 22.4 Å². The molecule has 0 radical (unpaired) electrons. The highest BCUT2D eigenvalue weighted by molar-refractivity contribution is 7.17. The minimum atomic E-state index is -0.811. The predicted octanol–water partition coefficient (Wildman–Crippen LogP) is 2.89. The van der Waals surface area contributed by atoms with Crippen molar-refractivity contribution >= 4 is 34.8 Å². The Balaban J connectivity index is 1.32. The van der Waals surface area contributed by atoms with Gasteiger partial charge >= 0.3 is 5.91 Å². The lowest BCUT2D eigenvalue weighted by molar-refractivity contribution is -0.608. The maximum Gasteiger partial charge on any atom is 0.320 e. The number of carbonyl (C=O) groups excluding carboxylic acids is 4. The number of amides is 3. The first-order valence-electron chi connectivity index (χ1n) is 13.0. The quantitative estimate of drug-likeness (QED) is 0.362. The molecule has 1 aromatic carbocycles. The van der Waals surface area contributed by atoms with Crippen molar-refractivity contribution in [2.45, 2.75) is 44.8 Å². The van der Waals surface area contributed by atoms with Crippen molar-refractivity contribution in [3.8, 4) is 10.4 Å². The third-order valence-corrected chi connectivity index (χ3v) is 8.34. The highest BCUT2D eigenvalue weighted by Crippen LogP contribution is 2.32. The lowest BCUT2D eigenvalue weighted by Crippen LogP contribution is -2.53. The molecule has 0 spiro atoms. The number of pyridine rings is 1. The third-order valence-electron chi connectivity index (χ3n) is 7.21. The maximum atomic E-state index is 13.8. The summed E-state index contributed by atoms with van der Waals surface area (Å²) in [6.07, 6.45) is 2.07. The zero-order chi connectivity index (χ0) is 27.7. The summed E-state index contributed by atoms with van der Waals surface area (Å²) in [6.45, 7) is 4.07. The Hall–Kier alpha value is -4.05. The van der Waals surface area contributed by atoms with Crippen LogP contribution in [0.3, 0.4) is 0 Å². The molecule has 2 aliphatic rings. The molecule has 2 aromatic heterocycles. The molecule has 0 saturated carbocycles. The summed E-state index contributed by atoms with van der Waals surface area (Å²) in [4.78, 5) is 57.5. The number of ketones is 1. The maximum absolute atomic E-state index is 13.8. The van der Waals surface area contributed by atoms with E-state index in [1.807, 2.05) is 50.2 Å². The fraction of sp³-hybridized carbons (Fsp3) is 0.345. The Kier molecular flexibility index (Phi) is 7.47. The zero-order valence-corrected chi connectivity index (χ0v) is 22.6. The molecular weight excluding hydrogens is 516 g/mol. The molecule has 10 heteroatoms. The highest BCUT2D eigenvalue weighted by atomic mass is 32.1. The molecule has 9 nitrogen and oxygen atoms in total. The Morgan fingerprint density at radius 1 is 1.05 bits per heavy atom. The highest BCUT2D eigenvalue weighted by Gasteiger charge is 2.53. The van der Waals surface area contributed by atoms with E-state index in [9.17, 15) is 24.4 Å². The van der Waals surface area contributed by atoms with Crippen molar-refractivity contribution in [2.75, 3.05) is 13.1 Å². The number of likely N-dealkylation sites (tertiary alicyclic amines) is 2. The number of nitrogens with one attached hydrogen (secondary N) is 1. The van der Waals surface area contributed by atoms with Crippen LogP contribution in [0, 0.1) is 11.1 Å². The van der Waals surface area contributed by atoms with Gasteiger partial charge in [-0.1, -0.05) is 44.2 Å². The Morgan fingerprint density at radius 2 is 1.79 bits per heavy atom. The van der Waals surface area contributed by atoms with Crippen LogP contribution in [0.4, 0.5) is 0 Å². The summed E-state index contributed by atoms with van der Waals surface area (Å²) < 4.78 is 0.486. The van der Waals surface area contributed by atoms with E-state index in [-0.39, 0.29) is 42.3 Å². The van der Waals surface area contributed by atoms with E-state index < -0.39 is 24.0 Å². The number of hydrogen-bond acceptors (Lipinski definition) is 6. The summed E-state index contributed by atoms with van der Waals surface area (Å²) >= 11 is 1.35. The van der Waals surface area contributed by atoms with E-state index in [0.717, 1.165) is 10.4 Å². The SMILES string of the molecule is CC(C)CC(NC(=O)c1ccc(-c2ccccc2)s1)C(=O)N1CCC2C1C(=O)CN2C(=O)c1cccc[n+]1[O-]. The second-order valence-electron chi connectivity index (χ2n) is 10.3. The fourth-order valence-corrected chi connectivity index (χ4v) is 6.33. The summed E-state index contributed by atoms with van der Waals surface area (Å²) in [5, 5.41) is 15.0. The molecule has 0 aliphatic carbocycles. The molecule has 202 valence electrons. The number of carbonyl (C=O) groups is 4. The van der Waals surface area contributed by atoms with Gasteiger partial charge in [0.2, 0.25) is 5.91 Å². The normalized spacial score (nSPS) is 19.3. The molecule has 2 aliphatic heterocycles. The molecule has 5 rings (SSSR count). The van der Waals surface area contributed by atoms with Crippen LogP contribution in [0.1, 0.15) is 46.8 Å². The van der Waals surface area contributed by atoms with Crippen LogP contribution in [0.15, 0.2) is 66.9 Å². The lowest BCUT2D eigenvalue weighted by atomic mass is 10.0. The van der Waals surface area contributed by atoms with E-state index in [1.165, 1.54) is 39.5 Å². The zero-order valence-electron chi connectivity index (χ0n) is 21.8. The topological polar surface area (TPSA) is 114 Å². The van der Waals surface area contributed by atoms with Gasteiger partial charge < -0.3 is 20.3 Å². The van der Waals surface area contributed by atoms with Gasteiger partial charge in [0.05, 0.1) is 17.5 Å². The van der Waals surface area contributed by atoms with E-state index in [1.54, 1.807) is 12.1 Å². The number of rotatable bonds is 7. The Labute approximate surface area is 230 Å². The lowest BCUT2D eigenvalue weighted by Gasteiger charge is -2.29. The van der Waals surface area contributed by atoms with Crippen molar-refractivity contribution in [1.82, 2.24) is 15.1 Å². The molecule has 3 atom stereocenters. The van der Waals surface area contributed by atoms with Crippen molar-refractivity contribution in [1.29, 1.82) is 0 Å². The molecule has 3 amide bonds. The second-order valence-corrected chi connectivity index (χ2v) is 11.4. The molecule has 4 heterocycles.